The van der Waals surface area contributed by atoms with Crippen LogP contribution in [0.15, 0.2) is 24.3 Å². The van der Waals surface area contributed by atoms with Crippen LogP contribution in [0.5, 0.6) is 0 Å². The van der Waals surface area contributed by atoms with Gasteiger partial charge in [0.05, 0.1) is 6.61 Å². The Morgan fingerprint density at radius 1 is 1.31 bits per heavy atom. The molecule has 0 aliphatic carbocycles. The van der Waals surface area contributed by atoms with Gasteiger partial charge in [0.1, 0.15) is 0 Å². The molecule has 0 atom stereocenters. The molecule has 3 nitrogen and oxygen atoms in total. The minimum atomic E-state index is -1.13. The second-order valence-corrected chi connectivity index (χ2v) is 2.48. The molecule has 0 spiro atoms. The Bertz CT molecular complexity index is 286. The molecule has 0 saturated carbocycles. The van der Waals surface area contributed by atoms with E-state index in [0.29, 0.717) is 11.1 Å². The van der Waals surface area contributed by atoms with Crippen LogP contribution in [0.2, 0.25) is 0 Å². The zero-order valence-corrected chi connectivity index (χ0v) is 9.49. The van der Waals surface area contributed by atoms with Crippen LogP contribution in [-0.2, 0) is 17.8 Å². The quantitative estimate of drug-likeness (QED) is 0.500. The average molecular weight is 188 g/mol. The van der Waals surface area contributed by atoms with Crippen molar-refractivity contribution in [3.63, 3.8) is 0 Å². The van der Waals surface area contributed by atoms with Gasteiger partial charge < -0.3 is 15.0 Å². The Kier molecular flexibility index (Phi) is 5.99. The number of hydrogen-bond donors (Lipinski definition) is 1. The van der Waals surface area contributed by atoms with Crippen LogP contribution in [0.3, 0.4) is 0 Å². The molecule has 4 heteroatoms. The topological polar surface area (TPSA) is 60.4 Å². The Morgan fingerprint density at radius 2 is 1.85 bits per heavy atom. The van der Waals surface area contributed by atoms with Gasteiger partial charge >= 0.3 is 29.6 Å². The first-order valence-corrected chi connectivity index (χ1v) is 3.61. The third kappa shape index (κ3) is 3.91. The molecule has 0 unspecified atom stereocenters. The van der Waals surface area contributed by atoms with Gasteiger partial charge in [0.15, 0.2) is 0 Å². The summed E-state index contributed by atoms with van der Waals surface area (Å²) < 4.78 is 0. The molecule has 13 heavy (non-hydrogen) atoms. The van der Waals surface area contributed by atoms with Crippen molar-refractivity contribution >= 4 is 5.97 Å². The Labute approximate surface area is 98.7 Å². The largest absolute Gasteiger partial charge is 1.00 e. The summed E-state index contributed by atoms with van der Waals surface area (Å²) in [6.07, 6.45) is -0.142. The van der Waals surface area contributed by atoms with Crippen molar-refractivity contribution in [1.82, 2.24) is 0 Å². The number of carboxylic acids is 1. The van der Waals surface area contributed by atoms with E-state index in [-0.39, 0.29) is 42.6 Å². The van der Waals surface area contributed by atoms with Crippen molar-refractivity contribution in [3.8, 4) is 0 Å². The number of hydrogen-bond acceptors (Lipinski definition) is 3. The number of carbonyl (C=O) groups is 1. The molecule has 1 rings (SSSR count). The predicted molar refractivity (Wildman–Crippen MR) is 41.1 cm³/mol. The van der Waals surface area contributed by atoms with E-state index in [1.807, 2.05) is 0 Å². The summed E-state index contributed by atoms with van der Waals surface area (Å²) in [5.41, 5.74) is 1.25. The van der Waals surface area contributed by atoms with E-state index < -0.39 is 5.97 Å². The van der Waals surface area contributed by atoms with E-state index in [1.165, 1.54) is 0 Å². The summed E-state index contributed by atoms with van der Waals surface area (Å²) in [7, 11) is 0. The zero-order valence-electron chi connectivity index (χ0n) is 7.49. The fourth-order valence-electron chi connectivity index (χ4n) is 1.04. The molecule has 0 aliphatic heterocycles. The summed E-state index contributed by atoms with van der Waals surface area (Å²) in [6, 6.07) is 6.85. The normalized spacial score (nSPS) is 9.00. The summed E-state index contributed by atoms with van der Waals surface area (Å²) in [4.78, 5) is 10.2. The first kappa shape index (κ1) is 12.7. The zero-order chi connectivity index (χ0) is 8.97. The standard InChI is InChI=1S/C9H10O3.Na/c10-6-8-4-2-1-3-7(8)5-9(11)12;/h1-4,10H,5-6H2,(H,11,12);/q;+1/p-1. The van der Waals surface area contributed by atoms with Gasteiger partial charge in [-0.25, -0.2) is 0 Å². The first-order valence-electron chi connectivity index (χ1n) is 3.61. The number of carboxylic acid groups (broad SMARTS) is 1. The van der Waals surface area contributed by atoms with E-state index in [9.17, 15) is 9.90 Å². The SMILES string of the molecule is O=C([O-])Cc1ccccc1CO.[Na+]. The van der Waals surface area contributed by atoms with E-state index in [2.05, 4.69) is 0 Å². The van der Waals surface area contributed by atoms with E-state index in [1.54, 1.807) is 24.3 Å². The molecule has 0 amide bonds. The number of carbonyl (C=O) groups excluding carboxylic acids is 1. The number of benzene rings is 1. The molecular formula is C9H9NaO3. The van der Waals surface area contributed by atoms with Crippen LogP contribution >= 0.6 is 0 Å². The predicted octanol–water partition coefficient (Wildman–Crippen LogP) is -3.52. The smallest absolute Gasteiger partial charge is 0.550 e. The molecule has 0 aliphatic rings. The Balaban J connectivity index is 0.00000144. The van der Waals surface area contributed by atoms with E-state index in [4.69, 9.17) is 5.11 Å². The number of aliphatic carboxylic acids is 1. The van der Waals surface area contributed by atoms with Crippen molar-refractivity contribution in [3.05, 3.63) is 35.4 Å². The molecule has 1 aromatic rings. The van der Waals surface area contributed by atoms with Gasteiger partial charge in [-0.1, -0.05) is 24.3 Å². The van der Waals surface area contributed by atoms with Gasteiger partial charge in [0, 0.05) is 12.4 Å². The van der Waals surface area contributed by atoms with Gasteiger partial charge in [-0.15, -0.1) is 0 Å². The fourth-order valence-corrected chi connectivity index (χ4v) is 1.04. The first-order chi connectivity index (χ1) is 5.74. The van der Waals surface area contributed by atoms with Gasteiger partial charge in [-0.05, 0) is 11.1 Å². The Hall–Kier alpha value is -0.350. The van der Waals surface area contributed by atoms with E-state index in [0.717, 1.165) is 0 Å². The third-order valence-corrected chi connectivity index (χ3v) is 1.62. The summed E-state index contributed by atoms with van der Waals surface area (Å²) in [5, 5.41) is 19.1. The minimum Gasteiger partial charge on any atom is -0.550 e. The van der Waals surface area contributed by atoms with Gasteiger partial charge in [0.25, 0.3) is 0 Å². The number of aliphatic hydroxyl groups excluding tert-OH is 1. The second kappa shape index (κ2) is 6.16. The molecule has 64 valence electrons. The van der Waals surface area contributed by atoms with Crippen LogP contribution < -0.4 is 34.7 Å². The molecule has 0 heterocycles. The second-order valence-electron chi connectivity index (χ2n) is 2.48. The molecular weight excluding hydrogens is 179 g/mol. The van der Waals surface area contributed by atoms with Crippen LogP contribution in [-0.4, -0.2) is 11.1 Å². The molecule has 0 radical (unpaired) electrons. The molecule has 0 aromatic heterocycles. The van der Waals surface area contributed by atoms with Gasteiger partial charge in [-0.3, -0.25) is 0 Å². The van der Waals surface area contributed by atoms with Crippen molar-refractivity contribution in [2.45, 2.75) is 13.0 Å². The van der Waals surface area contributed by atoms with Crippen LogP contribution in [0.4, 0.5) is 0 Å². The van der Waals surface area contributed by atoms with Crippen LogP contribution in [0.25, 0.3) is 0 Å². The minimum absolute atomic E-state index is 0. The van der Waals surface area contributed by atoms with Crippen molar-refractivity contribution < 1.29 is 44.6 Å². The third-order valence-electron chi connectivity index (χ3n) is 1.62. The number of aliphatic hydroxyl groups is 1. The van der Waals surface area contributed by atoms with Gasteiger partial charge in [0.2, 0.25) is 0 Å². The summed E-state index contributed by atoms with van der Waals surface area (Å²) in [6.45, 7) is -0.135. The maximum atomic E-state index is 10.2. The summed E-state index contributed by atoms with van der Waals surface area (Å²) in [5.74, 6) is -1.13. The molecule has 0 bridgehead atoms. The molecule has 0 fully saturated rings. The van der Waals surface area contributed by atoms with Crippen LogP contribution in [0.1, 0.15) is 11.1 Å². The van der Waals surface area contributed by atoms with Gasteiger partial charge in [-0.2, -0.15) is 0 Å². The summed E-state index contributed by atoms with van der Waals surface area (Å²) >= 11 is 0. The van der Waals surface area contributed by atoms with Crippen molar-refractivity contribution in [2.24, 2.45) is 0 Å². The maximum absolute atomic E-state index is 10.2. The Morgan fingerprint density at radius 3 is 2.31 bits per heavy atom. The van der Waals surface area contributed by atoms with Crippen LogP contribution in [0, 0.1) is 0 Å². The van der Waals surface area contributed by atoms with Crippen molar-refractivity contribution in [2.75, 3.05) is 0 Å². The van der Waals surface area contributed by atoms with Crippen molar-refractivity contribution in [1.29, 1.82) is 0 Å². The molecule has 1 N–H and O–H groups in total. The monoisotopic (exact) mass is 188 g/mol. The molecule has 0 saturated heterocycles. The fraction of sp³-hybridized carbons (Fsp3) is 0.222. The molecule has 1 aromatic carbocycles. The number of rotatable bonds is 3. The maximum Gasteiger partial charge on any atom is 1.00 e. The van der Waals surface area contributed by atoms with E-state index >= 15 is 0 Å². The average Bonchev–Trinajstić information content (AvgIpc) is 2.04.